The summed E-state index contributed by atoms with van der Waals surface area (Å²) in [5.74, 6) is -0.0659. The van der Waals surface area contributed by atoms with Crippen molar-refractivity contribution in [3.05, 3.63) is 122 Å². The minimum absolute atomic E-state index is 0.0659. The fourth-order valence-corrected chi connectivity index (χ4v) is 5.86. The maximum atomic E-state index is 12.3. The van der Waals surface area contributed by atoms with Crippen molar-refractivity contribution in [1.29, 1.82) is 0 Å². The van der Waals surface area contributed by atoms with Crippen LogP contribution in [0.5, 0.6) is 0 Å². The van der Waals surface area contributed by atoms with E-state index in [0.29, 0.717) is 12.8 Å². The Bertz CT molecular complexity index is 1130. The van der Waals surface area contributed by atoms with Crippen LogP contribution in [-0.4, -0.2) is 34.9 Å². The van der Waals surface area contributed by atoms with Crippen LogP contribution in [0.1, 0.15) is 174 Å². The van der Waals surface area contributed by atoms with Crippen LogP contribution in [0.25, 0.3) is 0 Å². The van der Waals surface area contributed by atoms with Crippen molar-refractivity contribution < 1.29 is 15.0 Å². The van der Waals surface area contributed by atoms with Crippen molar-refractivity contribution in [3.8, 4) is 0 Å². The van der Waals surface area contributed by atoms with Gasteiger partial charge < -0.3 is 15.5 Å². The second-order valence-electron chi connectivity index (χ2n) is 14.4. The number of allylic oxidation sites excluding steroid dienone is 20. The molecular weight excluding hydrogens is 675 g/mol. The van der Waals surface area contributed by atoms with Crippen LogP contribution in [0.15, 0.2) is 122 Å². The number of carbonyl (C=O) groups excluding carboxylic acids is 1. The summed E-state index contributed by atoms with van der Waals surface area (Å²) in [5.41, 5.74) is 0. The Morgan fingerprint density at radius 2 is 0.800 bits per heavy atom. The lowest BCUT2D eigenvalue weighted by molar-refractivity contribution is -0.123. The second-order valence-corrected chi connectivity index (χ2v) is 14.4. The lowest BCUT2D eigenvalue weighted by atomic mass is 10.0. The van der Waals surface area contributed by atoms with E-state index in [1.165, 1.54) is 38.5 Å². The van der Waals surface area contributed by atoms with E-state index in [-0.39, 0.29) is 12.5 Å². The van der Waals surface area contributed by atoms with Crippen LogP contribution in [-0.2, 0) is 4.79 Å². The van der Waals surface area contributed by atoms with Gasteiger partial charge in [-0.1, -0.05) is 200 Å². The van der Waals surface area contributed by atoms with E-state index in [9.17, 15) is 15.0 Å². The molecule has 0 aliphatic rings. The predicted molar refractivity (Wildman–Crippen MR) is 243 cm³/mol. The number of nitrogens with one attached hydrogen (secondary N) is 1. The summed E-state index contributed by atoms with van der Waals surface area (Å²) in [5, 5.41) is 22.9. The lowest BCUT2D eigenvalue weighted by Crippen LogP contribution is -2.45. The van der Waals surface area contributed by atoms with E-state index < -0.39 is 12.1 Å². The number of carbonyl (C=O) groups is 1. The van der Waals surface area contributed by atoms with Gasteiger partial charge in [0.05, 0.1) is 18.8 Å². The van der Waals surface area contributed by atoms with Gasteiger partial charge in [0.15, 0.2) is 0 Å². The number of amides is 1. The third-order valence-electron chi connectivity index (χ3n) is 9.24. The largest absolute Gasteiger partial charge is 0.394 e. The number of hydrogen-bond donors (Lipinski definition) is 3. The van der Waals surface area contributed by atoms with E-state index in [2.05, 4.69) is 141 Å². The van der Waals surface area contributed by atoms with Gasteiger partial charge in [-0.05, 0) is 89.9 Å². The molecule has 2 atom stereocenters. The minimum atomic E-state index is -0.676. The number of hydrogen-bond acceptors (Lipinski definition) is 3. The number of aliphatic hydroxyl groups excluding tert-OH is 2. The van der Waals surface area contributed by atoms with Crippen LogP contribution in [0.3, 0.4) is 0 Å². The van der Waals surface area contributed by atoms with E-state index in [1.807, 2.05) is 0 Å². The summed E-state index contributed by atoms with van der Waals surface area (Å²) in [7, 11) is 0. The zero-order valence-corrected chi connectivity index (χ0v) is 35.4. The SMILES string of the molecule is CC/C=C\C/C=C\C/C=C\C/C=C\C/C=C\C/C=C\C/C=C\C/C=C\C/C=C\C/C=C\CCCCCCC(=O)NC(CO)C(O)CCCCCCCCCC. The first-order valence-corrected chi connectivity index (χ1v) is 22.2. The van der Waals surface area contributed by atoms with Gasteiger partial charge in [-0.15, -0.1) is 0 Å². The van der Waals surface area contributed by atoms with Crippen LogP contribution in [0, 0.1) is 0 Å². The highest BCUT2D eigenvalue weighted by Crippen LogP contribution is 2.13. The van der Waals surface area contributed by atoms with Gasteiger partial charge >= 0.3 is 0 Å². The molecule has 0 spiro atoms. The summed E-state index contributed by atoms with van der Waals surface area (Å²) in [6.45, 7) is 4.18. The highest BCUT2D eigenvalue weighted by Gasteiger charge is 2.19. The quantitative estimate of drug-likeness (QED) is 0.0434. The average Bonchev–Trinajstić information content (AvgIpc) is 3.19. The second kappa shape index (κ2) is 45.2. The summed E-state index contributed by atoms with van der Waals surface area (Å²) >= 11 is 0. The molecule has 0 heterocycles. The normalized spacial score (nSPS) is 14.2. The molecule has 1 amide bonds. The van der Waals surface area contributed by atoms with Crippen molar-refractivity contribution in [3.63, 3.8) is 0 Å². The zero-order chi connectivity index (χ0) is 40.0. The molecule has 0 fully saturated rings. The molecular formula is C51H83NO3. The molecule has 0 aliphatic heterocycles. The monoisotopic (exact) mass is 758 g/mol. The summed E-state index contributed by atoms with van der Waals surface area (Å²) in [4.78, 5) is 12.3. The number of aliphatic hydroxyl groups is 2. The van der Waals surface area contributed by atoms with E-state index in [4.69, 9.17) is 0 Å². The van der Waals surface area contributed by atoms with Crippen molar-refractivity contribution in [2.75, 3.05) is 6.61 Å². The van der Waals surface area contributed by atoms with Crippen molar-refractivity contribution in [2.24, 2.45) is 0 Å². The Balaban J connectivity index is 3.69. The molecule has 0 aromatic heterocycles. The molecule has 0 aromatic carbocycles. The maximum absolute atomic E-state index is 12.3. The molecule has 3 N–H and O–H groups in total. The number of unbranched alkanes of at least 4 members (excludes halogenated alkanes) is 11. The van der Waals surface area contributed by atoms with Gasteiger partial charge in [-0.2, -0.15) is 0 Å². The Kier molecular flexibility index (Phi) is 42.5. The van der Waals surface area contributed by atoms with E-state index in [0.717, 1.165) is 109 Å². The van der Waals surface area contributed by atoms with Gasteiger partial charge in [-0.25, -0.2) is 0 Å². The van der Waals surface area contributed by atoms with Crippen LogP contribution in [0.2, 0.25) is 0 Å². The molecule has 4 heteroatoms. The molecule has 0 aliphatic carbocycles. The third kappa shape index (κ3) is 41.8. The third-order valence-corrected chi connectivity index (χ3v) is 9.24. The molecule has 4 nitrogen and oxygen atoms in total. The lowest BCUT2D eigenvalue weighted by Gasteiger charge is -2.22. The summed E-state index contributed by atoms with van der Waals surface area (Å²) in [6.07, 6.45) is 70.0. The van der Waals surface area contributed by atoms with Crippen LogP contribution < -0.4 is 5.32 Å². The van der Waals surface area contributed by atoms with Crippen molar-refractivity contribution in [1.82, 2.24) is 5.32 Å². The standard InChI is InChI=1S/C51H83NO3/c1-3-5-7-9-11-13-14-15-16-17-18-19-20-21-22-23-24-25-26-27-28-29-30-31-32-33-34-35-36-37-38-39-41-43-45-47-51(55)52-49(48-53)50(54)46-44-42-40-12-10-8-6-4-2/h5,7,11,13,15-16,18-19,21-22,24-25,27-28,30-31,33-34,36-37,49-50,53-54H,3-4,6,8-10,12,14,17,20,23,26,29,32,35,38-48H2,1-2H3,(H,52,55)/b7-5-,13-11-,16-15-,19-18-,22-21-,25-24-,28-27-,31-30-,34-33-,37-36-. The fraction of sp³-hybridized carbons (Fsp3) is 0.588. The average molecular weight is 758 g/mol. The first-order valence-electron chi connectivity index (χ1n) is 22.2. The highest BCUT2D eigenvalue weighted by atomic mass is 16.3. The number of rotatable bonds is 38. The molecule has 0 radical (unpaired) electrons. The Morgan fingerprint density at radius 1 is 0.455 bits per heavy atom. The molecule has 0 saturated carbocycles. The summed E-state index contributed by atoms with van der Waals surface area (Å²) in [6, 6.07) is -0.556. The first kappa shape index (κ1) is 51.8. The molecule has 0 rings (SSSR count). The Hall–Kier alpha value is -3.21. The van der Waals surface area contributed by atoms with Gasteiger partial charge in [0, 0.05) is 6.42 Å². The highest BCUT2D eigenvalue weighted by molar-refractivity contribution is 5.76. The fourth-order valence-electron chi connectivity index (χ4n) is 5.86. The summed E-state index contributed by atoms with van der Waals surface area (Å²) < 4.78 is 0. The van der Waals surface area contributed by atoms with E-state index >= 15 is 0 Å². The molecule has 55 heavy (non-hydrogen) atoms. The van der Waals surface area contributed by atoms with Gasteiger partial charge in [-0.3, -0.25) is 4.79 Å². The van der Waals surface area contributed by atoms with Gasteiger partial charge in [0.2, 0.25) is 5.91 Å². The Labute approximate surface area is 339 Å². The smallest absolute Gasteiger partial charge is 0.220 e. The van der Waals surface area contributed by atoms with E-state index in [1.54, 1.807) is 0 Å². The Morgan fingerprint density at radius 3 is 1.20 bits per heavy atom. The zero-order valence-electron chi connectivity index (χ0n) is 35.4. The predicted octanol–water partition coefficient (Wildman–Crippen LogP) is 14.2. The molecule has 0 bridgehead atoms. The van der Waals surface area contributed by atoms with Gasteiger partial charge in [0.1, 0.15) is 0 Å². The molecule has 0 aromatic rings. The minimum Gasteiger partial charge on any atom is -0.394 e. The molecule has 2 unspecified atom stereocenters. The van der Waals surface area contributed by atoms with Crippen LogP contribution in [0.4, 0.5) is 0 Å². The topological polar surface area (TPSA) is 69.6 Å². The van der Waals surface area contributed by atoms with Crippen molar-refractivity contribution in [2.45, 2.75) is 187 Å². The van der Waals surface area contributed by atoms with Crippen LogP contribution >= 0.6 is 0 Å². The van der Waals surface area contributed by atoms with Crippen molar-refractivity contribution >= 4 is 5.91 Å². The molecule has 0 saturated heterocycles. The first-order chi connectivity index (χ1) is 27.2. The maximum Gasteiger partial charge on any atom is 0.220 e. The molecule has 310 valence electrons. The van der Waals surface area contributed by atoms with Gasteiger partial charge in [0.25, 0.3) is 0 Å².